The van der Waals surface area contributed by atoms with E-state index < -0.39 is 16.8 Å². The first-order valence-corrected chi connectivity index (χ1v) is 6.56. The van der Waals surface area contributed by atoms with E-state index in [9.17, 15) is 13.8 Å². The molecule has 0 saturated heterocycles. The van der Waals surface area contributed by atoms with Crippen LogP contribution in [0.5, 0.6) is 0 Å². The van der Waals surface area contributed by atoms with Crippen molar-refractivity contribution in [2.24, 2.45) is 0 Å². The summed E-state index contributed by atoms with van der Waals surface area (Å²) in [5, 5.41) is 0. The molecule has 0 aromatic heterocycles. The van der Waals surface area contributed by atoms with Crippen LogP contribution in [0.15, 0.2) is 35.2 Å². The molecule has 0 aliphatic rings. The van der Waals surface area contributed by atoms with Gasteiger partial charge in [0.25, 0.3) is 0 Å². The molecule has 0 bridgehead atoms. The highest BCUT2D eigenvalue weighted by Gasteiger charge is 2.14. The van der Waals surface area contributed by atoms with Gasteiger partial charge in [0, 0.05) is 4.90 Å². The molecule has 0 spiro atoms. The van der Waals surface area contributed by atoms with E-state index >= 15 is 0 Å². The van der Waals surface area contributed by atoms with Crippen LogP contribution in [0.2, 0.25) is 0 Å². The van der Waals surface area contributed by atoms with Gasteiger partial charge in [0.1, 0.15) is 6.42 Å². The van der Waals surface area contributed by atoms with Crippen LogP contribution in [0.1, 0.15) is 13.3 Å². The second-order valence-corrected chi connectivity index (χ2v) is 4.77. The predicted octanol–water partition coefficient (Wildman–Crippen LogP) is 1.32. The first kappa shape index (κ1) is 13.6. The van der Waals surface area contributed by atoms with Crippen molar-refractivity contribution in [3.8, 4) is 0 Å². The maximum atomic E-state index is 11.7. The van der Waals surface area contributed by atoms with Gasteiger partial charge in [0.2, 0.25) is 0 Å². The average Bonchev–Trinajstić information content (AvgIpc) is 2.30. The lowest BCUT2D eigenvalue weighted by molar-refractivity contribution is -0.145. The van der Waals surface area contributed by atoms with Gasteiger partial charge in [0.15, 0.2) is 5.78 Å². The van der Waals surface area contributed by atoms with Gasteiger partial charge in [-0.3, -0.25) is 13.8 Å². The number of Topliss-reactive ketones (excluding diaryl/α,β-unsaturated/α-hetero) is 1. The summed E-state index contributed by atoms with van der Waals surface area (Å²) in [4.78, 5) is 23.0. The lowest BCUT2D eigenvalue weighted by Crippen LogP contribution is -2.16. The molecular weight excluding hydrogens is 240 g/mol. The number of rotatable bonds is 6. The molecule has 0 N–H and O–H groups in total. The number of hydrogen-bond acceptors (Lipinski definition) is 4. The molecule has 0 aliphatic carbocycles. The monoisotopic (exact) mass is 254 g/mol. The van der Waals surface area contributed by atoms with E-state index in [4.69, 9.17) is 0 Å². The Morgan fingerprint density at radius 2 is 1.88 bits per heavy atom. The summed E-state index contributed by atoms with van der Waals surface area (Å²) in [6.07, 6.45) is -0.313. The fourth-order valence-corrected chi connectivity index (χ4v) is 2.25. The zero-order valence-electron chi connectivity index (χ0n) is 9.55. The van der Waals surface area contributed by atoms with Gasteiger partial charge in [0.05, 0.1) is 23.2 Å². The highest BCUT2D eigenvalue weighted by molar-refractivity contribution is 7.85. The van der Waals surface area contributed by atoms with Crippen LogP contribution >= 0.6 is 0 Å². The highest BCUT2D eigenvalue weighted by Crippen LogP contribution is 2.06. The second-order valence-electron chi connectivity index (χ2n) is 3.32. The minimum Gasteiger partial charge on any atom is -0.466 e. The van der Waals surface area contributed by atoms with E-state index in [1.54, 1.807) is 37.3 Å². The van der Waals surface area contributed by atoms with E-state index in [2.05, 4.69) is 4.74 Å². The van der Waals surface area contributed by atoms with E-state index in [-0.39, 0.29) is 24.6 Å². The number of benzene rings is 1. The zero-order valence-corrected chi connectivity index (χ0v) is 10.4. The Labute approximate surface area is 102 Å². The third-order valence-electron chi connectivity index (χ3n) is 1.95. The molecule has 0 fully saturated rings. The van der Waals surface area contributed by atoms with Crippen LogP contribution < -0.4 is 0 Å². The van der Waals surface area contributed by atoms with E-state index in [0.29, 0.717) is 4.90 Å². The van der Waals surface area contributed by atoms with Gasteiger partial charge < -0.3 is 4.74 Å². The summed E-state index contributed by atoms with van der Waals surface area (Å²) in [7, 11) is -1.39. The molecule has 0 radical (unpaired) electrons. The van der Waals surface area contributed by atoms with Gasteiger partial charge in [-0.15, -0.1) is 0 Å². The minimum atomic E-state index is -1.39. The molecule has 0 saturated carbocycles. The van der Waals surface area contributed by atoms with Crippen LogP contribution in [-0.2, 0) is 25.1 Å². The molecule has 0 heterocycles. The first-order valence-electron chi connectivity index (χ1n) is 5.24. The van der Waals surface area contributed by atoms with Crippen molar-refractivity contribution in [3.05, 3.63) is 30.3 Å². The molecule has 17 heavy (non-hydrogen) atoms. The minimum absolute atomic E-state index is 0.150. The van der Waals surface area contributed by atoms with E-state index in [0.717, 1.165) is 0 Å². The molecule has 4 nitrogen and oxygen atoms in total. The number of esters is 1. The first-order chi connectivity index (χ1) is 8.13. The predicted molar refractivity (Wildman–Crippen MR) is 64.0 cm³/mol. The van der Waals surface area contributed by atoms with Crippen molar-refractivity contribution in [1.82, 2.24) is 0 Å². The molecule has 1 rings (SSSR count). The van der Waals surface area contributed by atoms with Crippen LogP contribution in [0, 0.1) is 0 Å². The largest absolute Gasteiger partial charge is 0.466 e. The van der Waals surface area contributed by atoms with Gasteiger partial charge >= 0.3 is 5.97 Å². The van der Waals surface area contributed by atoms with Crippen molar-refractivity contribution >= 4 is 22.6 Å². The highest BCUT2D eigenvalue weighted by atomic mass is 32.2. The Morgan fingerprint density at radius 1 is 1.24 bits per heavy atom. The topological polar surface area (TPSA) is 60.4 Å². The summed E-state index contributed by atoms with van der Waals surface area (Å²) in [5.74, 6) is -1.09. The molecule has 0 aliphatic heterocycles. The number of hydrogen-bond donors (Lipinski definition) is 0. The third kappa shape index (κ3) is 4.91. The molecular formula is C12H14O4S. The SMILES string of the molecule is CCOC(=O)CC(=O)CS(=O)c1ccccc1. The molecule has 1 atom stereocenters. The van der Waals surface area contributed by atoms with Crippen LogP contribution in [0.25, 0.3) is 0 Å². The quantitative estimate of drug-likeness (QED) is 0.567. The maximum Gasteiger partial charge on any atom is 0.313 e. The summed E-state index contributed by atoms with van der Waals surface area (Å²) < 4.78 is 16.4. The van der Waals surface area contributed by atoms with Crippen molar-refractivity contribution in [3.63, 3.8) is 0 Å². The van der Waals surface area contributed by atoms with Crippen molar-refractivity contribution in [2.75, 3.05) is 12.4 Å². The Hall–Kier alpha value is -1.49. The summed E-state index contributed by atoms with van der Waals surface area (Å²) in [6, 6.07) is 8.69. The van der Waals surface area contributed by atoms with Gasteiger partial charge in [-0.2, -0.15) is 0 Å². The van der Waals surface area contributed by atoms with Gasteiger partial charge in [-0.25, -0.2) is 0 Å². The molecule has 1 aromatic carbocycles. The number of carbonyl (C=O) groups excluding carboxylic acids is 2. The Morgan fingerprint density at radius 3 is 2.47 bits per heavy atom. The van der Waals surface area contributed by atoms with E-state index in [1.165, 1.54) is 0 Å². The summed E-state index contributed by atoms with van der Waals surface area (Å²) >= 11 is 0. The molecule has 92 valence electrons. The molecule has 0 amide bonds. The fraction of sp³-hybridized carbons (Fsp3) is 0.333. The molecule has 5 heteroatoms. The number of ketones is 1. The average molecular weight is 254 g/mol. The van der Waals surface area contributed by atoms with Crippen molar-refractivity contribution in [1.29, 1.82) is 0 Å². The molecule has 1 aromatic rings. The van der Waals surface area contributed by atoms with Gasteiger partial charge in [-0.1, -0.05) is 18.2 Å². The third-order valence-corrected chi connectivity index (χ3v) is 3.33. The Kier molecular flexibility index (Phi) is 5.56. The van der Waals surface area contributed by atoms with Crippen molar-refractivity contribution < 1.29 is 18.5 Å². The molecule has 1 unspecified atom stereocenters. The zero-order chi connectivity index (χ0) is 12.7. The fourth-order valence-electron chi connectivity index (χ4n) is 1.23. The smallest absolute Gasteiger partial charge is 0.313 e. The summed E-state index contributed by atoms with van der Waals surface area (Å²) in [5.41, 5.74) is 0. The maximum absolute atomic E-state index is 11.7. The van der Waals surface area contributed by atoms with Gasteiger partial charge in [-0.05, 0) is 19.1 Å². The lowest BCUT2D eigenvalue weighted by Gasteiger charge is -2.02. The Bertz CT molecular complexity index is 414. The van der Waals surface area contributed by atoms with Crippen molar-refractivity contribution in [2.45, 2.75) is 18.2 Å². The standard InChI is InChI=1S/C12H14O4S/c1-2-16-12(14)8-10(13)9-17(15)11-6-4-3-5-7-11/h3-7H,2,8-9H2,1H3. The normalized spacial score (nSPS) is 11.8. The van der Waals surface area contributed by atoms with E-state index in [1.807, 2.05) is 0 Å². The lowest BCUT2D eigenvalue weighted by atomic mass is 10.3. The number of ether oxygens (including phenoxy) is 1. The Balaban J connectivity index is 2.47. The van der Waals surface area contributed by atoms with Crippen LogP contribution in [0.4, 0.5) is 0 Å². The summed E-state index contributed by atoms with van der Waals surface area (Å²) in [6.45, 7) is 1.92. The second kappa shape index (κ2) is 6.96. The van der Waals surface area contributed by atoms with Crippen LogP contribution in [-0.4, -0.2) is 28.3 Å². The van der Waals surface area contributed by atoms with Crippen LogP contribution in [0.3, 0.4) is 0 Å². The number of carbonyl (C=O) groups is 2.